The largest absolute Gasteiger partial charge is 0.497 e. The summed E-state index contributed by atoms with van der Waals surface area (Å²) in [5.74, 6) is 0.868. The number of nitrogens with zero attached hydrogens (tertiary/aromatic N) is 3. The second kappa shape index (κ2) is 5.54. The Balaban J connectivity index is 1.99. The Bertz CT molecular complexity index is 602. The predicted molar refractivity (Wildman–Crippen MR) is 80.6 cm³/mol. The number of ether oxygens (including phenoxy) is 1. The second-order valence-electron chi connectivity index (χ2n) is 5.03. The van der Waals surface area contributed by atoms with E-state index in [0.29, 0.717) is 6.04 Å². The fraction of sp³-hybridized carbons (Fsp3) is 0.429. The summed E-state index contributed by atoms with van der Waals surface area (Å²) in [5.41, 5.74) is 3.31. The summed E-state index contributed by atoms with van der Waals surface area (Å²) < 4.78 is 7.88. The molecule has 0 bridgehead atoms. The highest BCUT2D eigenvalue weighted by molar-refractivity contribution is 9.10. The number of methoxy groups -OCH3 is 1. The van der Waals surface area contributed by atoms with Gasteiger partial charge in [0.25, 0.3) is 0 Å². The van der Waals surface area contributed by atoms with Gasteiger partial charge in [-0.15, -0.1) is 5.10 Å². The van der Waals surface area contributed by atoms with E-state index in [0.717, 1.165) is 28.2 Å². The van der Waals surface area contributed by atoms with E-state index < -0.39 is 0 Å². The molecule has 1 aromatic heterocycles. The fourth-order valence-corrected chi connectivity index (χ4v) is 2.77. The van der Waals surface area contributed by atoms with E-state index >= 15 is 0 Å². The smallest absolute Gasteiger partial charge is 0.156 e. The minimum atomic E-state index is 0.669. The van der Waals surface area contributed by atoms with E-state index in [-0.39, 0.29) is 0 Å². The SMILES string of the molecule is COc1ccc(-c2c(Br)nnn2C)c(CNC2CC2)c1. The third-order valence-electron chi connectivity index (χ3n) is 3.51. The number of aryl methyl sites for hydroxylation is 1. The van der Waals surface area contributed by atoms with Crippen LogP contribution in [0.15, 0.2) is 22.8 Å². The van der Waals surface area contributed by atoms with E-state index in [1.165, 1.54) is 18.4 Å². The van der Waals surface area contributed by atoms with Crippen LogP contribution in [0.5, 0.6) is 5.75 Å². The molecule has 2 aromatic rings. The quantitative estimate of drug-likeness (QED) is 0.911. The van der Waals surface area contributed by atoms with Crippen LogP contribution < -0.4 is 10.1 Å². The zero-order chi connectivity index (χ0) is 14.1. The highest BCUT2D eigenvalue weighted by atomic mass is 79.9. The molecule has 0 amide bonds. The molecule has 1 aromatic carbocycles. The minimum Gasteiger partial charge on any atom is -0.497 e. The lowest BCUT2D eigenvalue weighted by Crippen LogP contribution is -2.16. The summed E-state index contributed by atoms with van der Waals surface area (Å²) in [6, 6.07) is 6.77. The average molecular weight is 337 g/mol. The third kappa shape index (κ3) is 2.71. The fourth-order valence-electron chi connectivity index (χ4n) is 2.23. The average Bonchev–Trinajstić information content (AvgIpc) is 3.22. The Labute approximate surface area is 126 Å². The van der Waals surface area contributed by atoms with E-state index in [1.54, 1.807) is 11.8 Å². The Morgan fingerprint density at radius 3 is 2.85 bits per heavy atom. The third-order valence-corrected chi connectivity index (χ3v) is 4.05. The van der Waals surface area contributed by atoms with E-state index in [1.807, 2.05) is 13.1 Å². The van der Waals surface area contributed by atoms with Crippen LogP contribution in [-0.2, 0) is 13.6 Å². The molecule has 0 atom stereocenters. The standard InChI is InChI=1S/C14H17BrN4O/c1-19-13(14(15)17-18-19)12-6-5-11(20-2)7-9(12)8-16-10-3-4-10/h5-7,10,16H,3-4,8H2,1-2H3. The maximum Gasteiger partial charge on any atom is 0.156 e. The first-order valence-electron chi connectivity index (χ1n) is 6.65. The van der Waals surface area contributed by atoms with Crippen molar-refractivity contribution in [1.82, 2.24) is 20.3 Å². The summed E-state index contributed by atoms with van der Waals surface area (Å²) in [4.78, 5) is 0. The molecule has 20 heavy (non-hydrogen) atoms. The number of halogens is 1. The van der Waals surface area contributed by atoms with Crippen LogP contribution in [-0.4, -0.2) is 28.1 Å². The molecular formula is C14H17BrN4O. The molecule has 1 saturated carbocycles. The Morgan fingerprint density at radius 2 is 2.25 bits per heavy atom. The topological polar surface area (TPSA) is 52.0 Å². The highest BCUT2D eigenvalue weighted by Gasteiger charge is 2.21. The first-order valence-corrected chi connectivity index (χ1v) is 7.44. The van der Waals surface area contributed by atoms with Gasteiger partial charge in [0.1, 0.15) is 11.4 Å². The Kier molecular flexibility index (Phi) is 3.76. The molecule has 1 aliphatic carbocycles. The van der Waals surface area contributed by atoms with Crippen molar-refractivity contribution in [3.8, 4) is 17.0 Å². The normalized spacial score (nSPS) is 14.6. The number of hydrogen-bond donors (Lipinski definition) is 1. The van der Waals surface area contributed by atoms with Crippen molar-refractivity contribution in [2.24, 2.45) is 7.05 Å². The molecular weight excluding hydrogens is 320 g/mol. The van der Waals surface area contributed by atoms with E-state index in [9.17, 15) is 0 Å². The maximum absolute atomic E-state index is 5.33. The first kappa shape index (κ1) is 13.6. The number of rotatable bonds is 5. The van der Waals surface area contributed by atoms with Gasteiger partial charge in [0.05, 0.1) is 7.11 Å². The molecule has 1 aliphatic rings. The van der Waals surface area contributed by atoms with Crippen LogP contribution in [0.4, 0.5) is 0 Å². The molecule has 1 N–H and O–H groups in total. The predicted octanol–water partition coefficient (Wildman–Crippen LogP) is 2.51. The molecule has 6 heteroatoms. The van der Waals surface area contributed by atoms with Crippen molar-refractivity contribution in [1.29, 1.82) is 0 Å². The van der Waals surface area contributed by atoms with Crippen LogP contribution >= 0.6 is 15.9 Å². The molecule has 5 nitrogen and oxygen atoms in total. The number of nitrogens with one attached hydrogen (secondary N) is 1. The van der Waals surface area contributed by atoms with Gasteiger partial charge in [-0.3, -0.25) is 0 Å². The van der Waals surface area contributed by atoms with Gasteiger partial charge in [-0.2, -0.15) is 0 Å². The highest BCUT2D eigenvalue weighted by Crippen LogP contribution is 2.31. The molecule has 3 rings (SSSR count). The summed E-state index contributed by atoms with van der Waals surface area (Å²) in [6.45, 7) is 0.828. The molecule has 0 radical (unpaired) electrons. The zero-order valence-electron chi connectivity index (χ0n) is 11.6. The van der Waals surface area contributed by atoms with Crippen LogP contribution in [0.3, 0.4) is 0 Å². The van der Waals surface area contributed by atoms with Crippen molar-refractivity contribution < 1.29 is 4.74 Å². The molecule has 0 unspecified atom stereocenters. The van der Waals surface area contributed by atoms with Crippen LogP contribution in [0.25, 0.3) is 11.3 Å². The lowest BCUT2D eigenvalue weighted by atomic mass is 10.0. The van der Waals surface area contributed by atoms with Gasteiger partial charge in [0, 0.05) is 25.2 Å². The molecule has 0 aliphatic heterocycles. The minimum absolute atomic E-state index is 0.669. The molecule has 0 saturated heterocycles. The van der Waals surface area contributed by atoms with E-state index in [4.69, 9.17) is 4.74 Å². The Hall–Kier alpha value is -1.40. The van der Waals surface area contributed by atoms with Crippen molar-refractivity contribution in [2.75, 3.05) is 7.11 Å². The van der Waals surface area contributed by atoms with Gasteiger partial charge >= 0.3 is 0 Å². The van der Waals surface area contributed by atoms with Gasteiger partial charge in [-0.05, 0) is 52.5 Å². The van der Waals surface area contributed by atoms with Crippen molar-refractivity contribution in [2.45, 2.75) is 25.4 Å². The van der Waals surface area contributed by atoms with Gasteiger partial charge in [-0.1, -0.05) is 5.21 Å². The second-order valence-corrected chi connectivity index (χ2v) is 5.78. The number of hydrogen-bond acceptors (Lipinski definition) is 4. The molecule has 0 spiro atoms. The van der Waals surface area contributed by atoms with Gasteiger partial charge in [0.15, 0.2) is 4.60 Å². The van der Waals surface area contributed by atoms with Gasteiger partial charge < -0.3 is 10.1 Å². The van der Waals surface area contributed by atoms with Crippen LogP contribution in [0.1, 0.15) is 18.4 Å². The van der Waals surface area contributed by atoms with Crippen LogP contribution in [0.2, 0.25) is 0 Å². The maximum atomic E-state index is 5.33. The summed E-state index contributed by atoms with van der Waals surface area (Å²) in [7, 11) is 3.59. The first-order chi connectivity index (χ1) is 9.69. The van der Waals surface area contributed by atoms with E-state index in [2.05, 4.69) is 43.7 Å². The van der Waals surface area contributed by atoms with Crippen molar-refractivity contribution >= 4 is 15.9 Å². The molecule has 1 fully saturated rings. The summed E-state index contributed by atoms with van der Waals surface area (Å²) >= 11 is 3.47. The number of benzene rings is 1. The van der Waals surface area contributed by atoms with Gasteiger partial charge in [-0.25, -0.2) is 4.68 Å². The van der Waals surface area contributed by atoms with Crippen molar-refractivity contribution in [3.63, 3.8) is 0 Å². The lowest BCUT2D eigenvalue weighted by molar-refractivity contribution is 0.414. The summed E-state index contributed by atoms with van der Waals surface area (Å²) in [5, 5.41) is 11.7. The Morgan fingerprint density at radius 1 is 1.45 bits per heavy atom. The van der Waals surface area contributed by atoms with Crippen LogP contribution in [0, 0.1) is 0 Å². The summed E-state index contributed by atoms with van der Waals surface area (Å²) in [6.07, 6.45) is 2.55. The number of aromatic nitrogens is 3. The van der Waals surface area contributed by atoms with Gasteiger partial charge in [0.2, 0.25) is 0 Å². The van der Waals surface area contributed by atoms with Crippen molar-refractivity contribution in [3.05, 3.63) is 28.4 Å². The zero-order valence-corrected chi connectivity index (χ0v) is 13.1. The molecule has 1 heterocycles. The lowest BCUT2D eigenvalue weighted by Gasteiger charge is -2.12. The molecule has 106 valence electrons. The monoisotopic (exact) mass is 336 g/mol.